The Morgan fingerprint density at radius 3 is 2.44 bits per heavy atom. The van der Waals surface area contributed by atoms with Gasteiger partial charge in [-0.05, 0) is 66.1 Å². The van der Waals surface area contributed by atoms with E-state index in [-0.39, 0.29) is 29.1 Å². The van der Waals surface area contributed by atoms with E-state index in [0.717, 1.165) is 24.3 Å². The summed E-state index contributed by atoms with van der Waals surface area (Å²) < 4.78 is 57.7. The Hall–Kier alpha value is -4.70. The van der Waals surface area contributed by atoms with E-state index in [1.54, 1.807) is 29.0 Å². The quantitative estimate of drug-likeness (QED) is 0.217. The molecule has 0 aliphatic heterocycles. The highest BCUT2D eigenvalue weighted by atomic mass is 35.5. The summed E-state index contributed by atoms with van der Waals surface area (Å²) >= 11 is 5.94. The van der Waals surface area contributed by atoms with Crippen molar-refractivity contribution in [2.75, 3.05) is 0 Å². The number of nitrogens with one attached hydrogen (secondary N) is 1. The number of aromatic nitrogens is 2. The van der Waals surface area contributed by atoms with Crippen molar-refractivity contribution in [1.29, 1.82) is 0 Å². The van der Waals surface area contributed by atoms with Crippen LogP contribution in [0.3, 0.4) is 0 Å². The molecule has 6 nitrogen and oxygen atoms in total. The minimum Gasteiger partial charge on any atom is -0.366 e. The lowest BCUT2D eigenvalue weighted by molar-refractivity contribution is -0.122. The molecule has 3 N–H and O–H groups in total. The Morgan fingerprint density at radius 1 is 0.951 bits per heavy atom. The first-order chi connectivity index (χ1) is 19.6. The maximum absolute atomic E-state index is 14.2. The number of nitrogens with zero attached hydrogens (tertiary/aromatic N) is 2. The van der Waals surface area contributed by atoms with Crippen LogP contribution in [-0.2, 0) is 17.8 Å². The van der Waals surface area contributed by atoms with E-state index < -0.39 is 41.1 Å². The van der Waals surface area contributed by atoms with Crippen LogP contribution < -0.4 is 11.1 Å². The standard InChI is InChI=1S/C30H21ClF4N4O2/c31-23-14-27-18(12-25(23)35)5-7-39(27)15-28(40)38-26(10-16-8-19(32)13-20(33)9-16)29-21(2-1-6-37-29)17-3-4-24(34)22(11-17)30(36)41/h1-9,11-14,26H,10,15H2,(H2,36,41)(H,38,40). The van der Waals surface area contributed by atoms with Gasteiger partial charge in [-0.2, -0.15) is 0 Å². The van der Waals surface area contributed by atoms with Crippen LogP contribution in [0, 0.1) is 23.3 Å². The molecule has 0 saturated heterocycles. The number of rotatable bonds is 8. The number of pyridine rings is 1. The molecule has 11 heteroatoms. The van der Waals surface area contributed by atoms with Crippen molar-refractivity contribution in [2.45, 2.75) is 19.0 Å². The molecule has 0 spiro atoms. The van der Waals surface area contributed by atoms with Gasteiger partial charge in [-0.25, -0.2) is 17.6 Å². The molecule has 0 bridgehead atoms. The Labute approximate surface area is 236 Å². The van der Waals surface area contributed by atoms with Crippen molar-refractivity contribution < 1.29 is 27.2 Å². The number of hydrogen-bond donors (Lipinski definition) is 2. The zero-order valence-electron chi connectivity index (χ0n) is 21.2. The fraction of sp³-hybridized carbons (Fsp3) is 0.100. The summed E-state index contributed by atoms with van der Waals surface area (Å²) in [5.41, 5.74) is 6.89. The van der Waals surface area contributed by atoms with E-state index in [1.165, 1.54) is 30.5 Å². The number of hydrogen-bond acceptors (Lipinski definition) is 3. The van der Waals surface area contributed by atoms with E-state index in [0.29, 0.717) is 27.7 Å². The maximum atomic E-state index is 14.2. The van der Waals surface area contributed by atoms with E-state index in [4.69, 9.17) is 17.3 Å². The van der Waals surface area contributed by atoms with Crippen LogP contribution in [0.25, 0.3) is 22.0 Å². The third kappa shape index (κ3) is 6.07. The second-order valence-corrected chi connectivity index (χ2v) is 9.77. The average molecular weight is 581 g/mol. The van der Waals surface area contributed by atoms with Crippen molar-refractivity contribution in [3.05, 3.63) is 124 Å². The van der Waals surface area contributed by atoms with Crippen molar-refractivity contribution in [2.24, 2.45) is 5.73 Å². The average Bonchev–Trinajstić information content (AvgIpc) is 3.28. The molecule has 0 radical (unpaired) electrons. The highest BCUT2D eigenvalue weighted by Gasteiger charge is 2.23. The van der Waals surface area contributed by atoms with Crippen LogP contribution in [0.2, 0.25) is 5.02 Å². The first kappa shape index (κ1) is 27.9. The molecule has 2 aromatic heterocycles. The predicted molar refractivity (Wildman–Crippen MR) is 146 cm³/mol. The summed E-state index contributed by atoms with van der Waals surface area (Å²) in [7, 11) is 0. The smallest absolute Gasteiger partial charge is 0.251 e. The second-order valence-electron chi connectivity index (χ2n) is 9.37. The second kappa shape index (κ2) is 11.4. The van der Waals surface area contributed by atoms with Crippen LogP contribution in [0.4, 0.5) is 17.6 Å². The molecule has 3 aromatic carbocycles. The number of nitrogens with two attached hydrogens (primary N) is 1. The molecule has 5 aromatic rings. The summed E-state index contributed by atoms with van der Waals surface area (Å²) in [6.07, 6.45) is 3.02. The number of amides is 2. The third-order valence-corrected chi connectivity index (χ3v) is 6.83. The van der Waals surface area contributed by atoms with Crippen LogP contribution in [0.5, 0.6) is 0 Å². The van der Waals surface area contributed by atoms with Gasteiger partial charge < -0.3 is 15.6 Å². The van der Waals surface area contributed by atoms with Gasteiger partial charge in [0.2, 0.25) is 5.91 Å². The van der Waals surface area contributed by atoms with Crippen molar-refractivity contribution in [3.63, 3.8) is 0 Å². The monoisotopic (exact) mass is 580 g/mol. The SMILES string of the molecule is NC(=O)c1cc(-c2cccnc2C(Cc2cc(F)cc(F)c2)NC(=O)Cn2ccc3cc(F)c(Cl)cc32)ccc1F. The fourth-order valence-corrected chi connectivity index (χ4v) is 4.88. The molecule has 2 heterocycles. The molecule has 0 aliphatic rings. The zero-order chi connectivity index (χ0) is 29.3. The molecule has 208 valence electrons. The topological polar surface area (TPSA) is 90.0 Å². The summed E-state index contributed by atoms with van der Waals surface area (Å²) in [6.45, 7) is -0.190. The van der Waals surface area contributed by atoms with Crippen LogP contribution in [-0.4, -0.2) is 21.4 Å². The first-order valence-corrected chi connectivity index (χ1v) is 12.7. The zero-order valence-corrected chi connectivity index (χ0v) is 21.9. The number of halogens is 5. The van der Waals surface area contributed by atoms with Crippen LogP contribution >= 0.6 is 11.6 Å². The summed E-state index contributed by atoms with van der Waals surface area (Å²) in [5.74, 6) is -4.43. The predicted octanol–water partition coefficient (Wildman–Crippen LogP) is 6.11. The lowest BCUT2D eigenvalue weighted by atomic mass is 9.94. The molecule has 0 saturated carbocycles. The van der Waals surface area contributed by atoms with Gasteiger partial charge in [-0.1, -0.05) is 23.7 Å². The van der Waals surface area contributed by atoms with Gasteiger partial charge in [0.05, 0.1) is 27.8 Å². The minimum absolute atomic E-state index is 0.0578. The van der Waals surface area contributed by atoms with Crippen LogP contribution in [0.1, 0.15) is 27.7 Å². The van der Waals surface area contributed by atoms with E-state index in [2.05, 4.69) is 10.3 Å². The molecular weight excluding hydrogens is 560 g/mol. The molecule has 0 fully saturated rings. The Balaban J connectivity index is 1.53. The normalized spacial score (nSPS) is 11.9. The lowest BCUT2D eigenvalue weighted by Crippen LogP contribution is -2.33. The molecule has 0 aliphatic carbocycles. The number of fused-ring (bicyclic) bond motifs is 1. The molecule has 5 rings (SSSR count). The summed E-state index contributed by atoms with van der Waals surface area (Å²) in [4.78, 5) is 29.5. The Kier molecular flexibility index (Phi) is 7.76. The van der Waals surface area contributed by atoms with Gasteiger partial charge in [0, 0.05) is 29.4 Å². The summed E-state index contributed by atoms with van der Waals surface area (Å²) in [6, 6.07) is 13.5. The van der Waals surface area contributed by atoms with Gasteiger partial charge in [0.1, 0.15) is 29.8 Å². The molecular formula is C30H21ClF4N4O2. The van der Waals surface area contributed by atoms with E-state index >= 15 is 0 Å². The van der Waals surface area contributed by atoms with E-state index in [9.17, 15) is 27.2 Å². The Bertz CT molecular complexity index is 1790. The number of primary amides is 1. The maximum Gasteiger partial charge on any atom is 0.251 e. The summed E-state index contributed by atoms with van der Waals surface area (Å²) in [5, 5.41) is 3.31. The molecule has 1 unspecified atom stereocenters. The van der Waals surface area contributed by atoms with Gasteiger partial charge >= 0.3 is 0 Å². The highest BCUT2D eigenvalue weighted by Crippen LogP contribution is 2.31. The molecule has 2 amide bonds. The third-order valence-electron chi connectivity index (χ3n) is 6.54. The fourth-order valence-electron chi connectivity index (χ4n) is 4.72. The van der Waals surface area contributed by atoms with Crippen molar-refractivity contribution in [3.8, 4) is 11.1 Å². The first-order valence-electron chi connectivity index (χ1n) is 12.3. The number of benzene rings is 3. The van der Waals surface area contributed by atoms with Gasteiger partial charge in [0.15, 0.2) is 0 Å². The largest absolute Gasteiger partial charge is 0.366 e. The highest BCUT2D eigenvalue weighted by molar-refractivity contribution is 6.31. The molecule has 1 atom stereocenters. The van der Waals surface area contributed by atoms with E-state index in [1.807, 2.05) is 0 Å². The lowest BCUT2D eigenvalue weighted by Gasteiger charge is -2.22. The minimum atomic E-state index is -0.964. The van der Waals surface area contributed by atoms with Crippen molar-refractivity contribution >= 4 is 34.3 Å². The van der Waals surface area contributed by atoms with Gasteiger partial charge in [-0.15, -0.1) is 0 Å². The Morgan fingerprint density at radius 2 is 1.71 bits per heavy atom. The van der Waals surface area contributed by atoms with Crippen molar-refractivity contribution in [1.82, 2.24) is 14.9 Å². The van der Waals surface area contributed by atoms with Crippen LogP contribution in [0.15, 0.2) is 79.1 Å². The molecule has 41 heavy (non-hydrogen) atoms. The number of carbonyl (C=O) groups is 2. The van der Waals surface area contributed by atoms with Gasteiger partial charge in [0.25, 0.3) is 5.91 Å². The van der Waals surface area contributed by atoms with Gasteiger partial charge in [-0.3, -0.25) is 14.6 Å². The number of carbonyl (C=O) groups excluding carboxylic acids is 2.